The van der Waals surface area contributed by atoms with Gasteiger partial charge in [-0.1, -0.05) is 39.1 Å². The van der Waals surface area contributed by atoms with Crippen molar-refractivity contribution in [2.75, 3.05) is 7.05 Å². The first-order valence-corrected chi connectivity index (χ1v) is 6.25. The van der Waals surface area contributed by atoms with Gasteiger partial charge < -0.3 is 5.32 Å². The number of hydrogen-bond acceptors (Lipinski definition) is 4. The van der Waals surface area contributed by atoms with Crippen LogP contribution in [0, 0.1) is 0 Å². The number of nitrogens with zero attached hydrogens (tertiary/aromatic N) is 4. The third-order valence-electron chi connectivity index (χ3n) is 2.06. The molecule has 0 amide bonds. The van der Waals surface area contributed by atoms with Crippen LogP contribution in [0.4, 0.5) is 0 Å². The van der Waals surface area contributed by atoms with Crippen LogP contribution in [0.25, 0.3) is 5.69 Å². The molecule has 0 saturated heterocycles. The van der Waals surface area contributed by atoms with Gasteiger partial charge in [-0.3, -0.25) is 0 Å². The molecule has 0 aliphatic rings. The highest BCUT2D eigenvalue weighted by atomic mass is 79.9. The van der Waals surface area contributed by atoms with Gasteiger partial charge in [-0.15, -0.1) is 5.10 Å². The van der Waals surface area contributed by atoms with Crippen molar-refractivity contribution in [2.45, 2.75) is 6.54 Å². The third kappa shape index (κ3) is 2.60. The summed E-state index contributed by atoms with van der Waals surface area (Å²) in [6.45, 7) is 0.524. The first-order chi connectivity index (χ1) is 8.13. The number of rotatable bonds is 3. The molecule has 8 heteroatoms. The highest BCUT2D eigenvalue weighted by molar-refractivity contribution is 9.10. The van der Waals surface area contributed by atoms with Crippen molar-refractivity contribution in [3.05, 3.63) is 32.5 Å². The van der Waals surface area contributed by atoms with Crippen LogP contribution >= 0.6 is 39.1 Å². The van der Waals surface area contributed by atoms with Crippen LogP contribution in [0.1, 0.15) is 5.82 Å². The van der Waals surface area contributed by atoms with Crippen LogP contribution in [-0.4, -0.2) is 27.3 Å². The Bertz CT molecular complexity index is 519. The molecule has 1 aromatic heterocycles. The van der Waals surface area contributed by atoms with Crippen molar-refractivity contribution < 1.29 is 0 Å². The lowest BCUT2D eigenvalue weighted by Gasteiger charge is -2.09. The minimum atomic E-state index is 0.481. The molecule has 0 atom stereocenters. The molecule has 1 aromatic carbocycles. The smallest absolute Gasteiger partial charge is 0.170 e. The van der Waals surface area contributed by atoms with Crippen molar-refractivity contribution in [2.24, 2.45) is 0 Å². The molecule has 0 unspecified atom stereocenters. The Labute approximate surface area is 116 Å². The molecule has 0 radical (unpaired) electrons. The van der Waals surface area contributed by atoms with Gasteiger partial charge in [-0.05, 0) is 29.6 Å². The summed E-state index contributed by atoms with van der Waals surface area (Å²) in [5.74, 6) is 0.638. The highest BCUT2D eigenvalue weighted by Crippen LogP contribution is 2.32. The Morgan fingerprint density at radius 3 is 2.59 bits per heavy atom. The molecule has 0 bridgehead atoms. The zero-order valence-corrected chi connectivity index (χ0v) is 11.9. The molecular formula is C9H8BrCl2N5. The first-order valence-electron chi connectivity index (χ1n) is 4.70. The van der Waals surface area contributed by atoms with E-state index in [-0.39, 0.29) is 0 Å². The molecule has 1 N–H and O–H groups in total. The summed E-state index contributed by atoms with van der Waals surface area (Å²) in [7, 11) is 1.81. The zero-order valence-electron chi connectivity index (χ0n) is 8.78. The van der Waals surface area contributed by atoms with E-state index in [1.807, 2.05) is 7.05 Å². The molecular weight excluding hydrogens is 329 g/mol. The quantitative estimate of drug-likeness (QED) is 0.935. The van der Waals surface area contributed by atoms with Crippen LogP contribution < -0.4 is 5.32 Å². The number of halogens is 3. The number of tetrazole rings is 1. The maximum absolute atomic E-state index is 6.15. The predicted octanol–water partition coefficient (Wildman–Crippen LogP) is 2.45. The monoisotopic (exact) mass is 335 g/mol. The highest BCUT2D eigenvalue weighted by Gasteiger charge is 2.15. The fourth-order valence-electron chi connectivity index (χ4n) is 1.38. The van der Waals surface area contributed by atoms with Gasteiger partial charge in [0.25, 0.3) is 0 Å². The van der Waals surface area contributed by atoms with Crippen molar-refractivity contribution in [1.82, 2.24) is 25.5 Å². The van der Waals surface area contributed by atoms with Gasteiger partial charge in [0.15, 0.2) is 5.82 Å². The molecule has 0 saturated carbocycles. The summed E-state index contributed by atoms with van der Waals surface area (Å²) < 4.78 is 2.33. The average molecular weight is 337 g/mol. The van der Waals surface area contributed by atoms with Gasteiger partial charge in [0.1, 0.15) is 5.69 Å². The van der Waals surface area contributed by atoms with Crippen LogP contribution in [0.2, 0.25) is 10.0 Å². The Hall–Kier alpha value is -0.690. The molecule has 0 fully saturated rings. The molecule has 2 aromatic rings. The van der Waals surface area contributed by atoms with E-state index in [9.17, 15) is 0 Å². The Morgan fingerprint density at radius 2 is 2.00 bits per heavy atom. The first kappa shape index (κ1) is 12.8. The molecule has 5 nitrogen and oxygen atoms in total. The summed E-state index contributed by atoms with van der Waals surface area (Å²) in [6, 6.07) is 3.49. The topological polar surface area (TPSA) is 55.6 Å². The fourth-order valence-corrected chi connectivity index (χ4v) is 2.75. The average Bonchev–Trinajstić information content (AvgIpc) is 2.65. The number of aromatic nitrogens is 4. The molecule has 0 spiro atoms. The fraction of sp³-hybridized carbons (Fsp3) is 0.222. The summed E-state index contributed by atoms with van der Waals surface area (Å²) in [4.78, 5) is 0. The van der Waals surface area contributed by atoms with Gasteiger partial charge in [0, 0.05) is 4.47 Å². The third-order valence-corrected chi connectivity index (χ3v) is 3.10. The molecule has 0 aliphatic carbocycles. The largest absolute Gasteiger partial charge is 0.313 e. The van der Waals surface area contributed by atoms with Crippen molar-refractivity contribution >= 4 is 39.1 Å². The minimum absolute atomic E-state index is 0.481. The van der Waals surface area contributed by atoms with E-state index in [1.54, 1.807) is 12.1 Å². The lowest BCUT2D eigenvalue weighted by molar-refractivity contribution is 0.709. The zero-order chi connectivity index (χ0) is 12.4. The van der Waals surface area contributed by atoms with E-state index in [1.165, 1.54) is 4.68 Å². The van der Waals surface area contributed by atoms with E-state index in [2.05, 4.69) is 36.8 Å². The molecule has 17 heavy (non-hydrogen) atoms. The Kier molecular flexibility index (Phi) is 3.98. The molecule has 1 heterocycles. The number of benzene rings is 1. The van der Waals surface area contributed by atoms with Gasteiger partial charge in [-0.25, -0.2) is 0 Å². The van der Waals surface area contributed by atoms with Gasteiger partial charge in [0.05, 0.1) is 16.6 Å². The Morgan fingerprint density at radius 1 is 1.35 bits per heavy atom. The maximum atomic E-state index is 6.15. The lowest BCUT2D eigenvalue weighted by atomic mass is 10.3. The summed E-state index contributed by atoms with van der Waals surface area (Å²) in [5.41, 5.74) is 0.576. The van der Waals surface area contributed by atoms with Crippen LogP contribution in [0.3, 0.4) is 0 Å². The molecule has 2 rings (SSSR count). The van der Waals surface area contributed by atoms with E-state index in [0.717, 1.165) is 4.47 Å². The SMILES string of the molecule is CNCc1nnnn1-c1c(Cl)cc(Br)cc1Cl. The molecule has 0 aliphatic heterocycles. The van der Waals surface area contributed by atoms with Crippen molar-refractivity contribution in [3.63, 3.8) is 0 Å². The second-order valence-electron chi connectivity index (χ2n) is 3.26. The standard InChI is InChI=1S/C9H8BrCl2N5/c1-13-4-8-14-15-16-17(8)9-6(11)2-5(10)3-7(9)12/h2-3,13H,4H2,1H3. The van der Waals surface area contributed by atoms with E-state index in [4.69, 9.17) is 23.2 Å². The normalized spacial score (nSPS) is 10.8. The predicted molar refractivity (Wildman–Crippen MR) is 69.6 cm³/mol. The van der Waals surface area contributed by atoms with E-state index in [0.29, 0.717) is 28.1 Å². The second-order valence-corrected chi connectivity index (χ2v) is 4.99. The van der Waals surface area contributed by atoms with Gasteiger partial charge in [-0.2, -0.15) is 4.68 Å². The maximum Gasteiger partial charge on any atom is 0.170 e. The number of hydrogen-bond donors (Lipinski definition) is 1. The Balaban J connectivity index is 2.56. The summed E-state index contributed by atoms with van der Waals surface area (Å²) in [6.07, 6.45) is 0. The lowest BCUT2D eigenvalue weighted by Crippen LogP contribution is -2.12. The number of nitrogens with one attached hydrogen (secondary N) is 1. The van der Waals surface area contributed by atoms with Crippen molar-refractivity contribution in [1.29, 1.82) is 0 Å². The van der Waals surface area contributed by atoms with E-state index >= 15 is 0 Å². The molecule has 90 valence electrons. The van der Waals surface area contributed by atoms with Gasteiger partial charge in [0.2, 0.25) is 0 Å². The second kappa shape index (κ2) is 5.30. The van der Waals surface area contributed by atoms with Crippen LogP contribution in [0.5, 0.6) is 0 Å². The summed E-state index contributed by atoms with van der Waals surface area (Å²) >= 11 is 15.6. The van der Waals surface area contributed by atoms with Crippen LogP contribution in [-0.2, 0) is 6.54 Å². The van der Waals surface area contributed by atoms with Gasteiger partial charge >= 0.3 is 0 Å². The minimum Gasteiger partial charge on any atom is -0.313 e. The van der Waals surface area contributed by atoms with Crippen molar-refractivity contribution in [3.8, 4) is 5.69 Å². The summed E-state index contributed by atoms with van der Waals surface area (Å²) in [5, 5.41) is 15.3. The van der Waals surface area contributed by atoms with E-state index < -0.39 is 0 Å². The van der Waals surface area contributed by atoms with Crippen LogP contribution in [0.15, 0.2) is 16.6 Å².